The molecule has 4 nitrogen and oxygen atoms in total. The first-order valence-electron chi connectivity index (χ1n) is 3.52. The second kappa shape index (κ2) is 5.12. The van der Waals surface area contributed by atoms with Crippen LogP contribution in [-0.2, 0) is 0 Å². The Labute approximate surface area is 69.5 Å². The van der Waals surface area contributed by atoms with Crippen LogP contribution in [0, 0.1) is 0 Å². The van der Waals surface area contributed by atoms with Crippen molar-refractivity contribution < 1.29 is 14.3 Å². The molecular weight excluding hydrogens is 160 g/mol. The summed E-state index contributed by atoms with van der Waals surface area (Å²) in [5, 5.41) is 8.31. The Morgan fingerprint density at radius 3 is 2.33 bits per heavy atom. The molecule has 0 aliphatic heterocycles. The highest BCUT2D eigenvalue weighted by Gasteiger charge is 2.00. The molecule has 0 aliphatic carbocycles. The van der Waals surface area contributed by atoms with Crippen molar-refractivity contribution >= 4 is 5.97 Å². The van der Waals surface area contributed by atoms with E-state index in [1.54, 1.807) is 0 Å². The average Bonchev–Trinajstić information content (AvgIpc) is 2.09. The van der Waals surface area contributed by atoms with Crippen LogP contribution >= 0.6 is 0 Å². The zero-order valence-electron chi connectivity index (χ0n) is 6.90. The third-order valence-electron chi connectivity index (χ3n) is 0.948. The third-order valence-corrected chi connectivity index (χ3v) is 0.948. The first-order chi connectivity index (χ1) is 5.70. The van der Waals surface area contributed by atoms with Crippen molar-refractivity contribution in [2.24, 2.45) is 0 Å². The maximum atomic E-state index is 10.3. The number of aromatic carboxylic acids is 1. The van der Waals surface area contributed by atoms with Crippen molar-refractivity contribution in [2.45, 2.75) is 13.8 Å². The molecule has 1 aromatic heterocycles. The van der Waals surface area contributed by atoms with Gasteiger partial charge in [0.05, 0.1) is 5.56 Å². The summed E-state index contributed by atoms with van der Waals surface area (Å²) in [6.45, 7) is 4.00. The fraction of sp³-hybridized carbons (Fsp3) is 0.250. The SMILES string of the molecule is CC.O=C(O)c1ccc(=O)oc1. The minimum absolute atomic E-state index is 0.0281. The van der Waals surface area contributed by atoms with E-state index in [4.69, 9.17) is 5.11 Å². The van der Waals surface area contributed by atoms with Gasteiger partial charge >= 0.3 is 11.6 Å². The molecule has 0 saturated heterocycles. The van der Waals surface area contributed by atoms with E-state index in [1.807, 2.05) is 13.8 Å². The average molecular weight is 170 g/mol. The quantitative estimate of drug-likeness (QED) is 0.691. The summed E-state index contributed by atoms with van der Waals surface area (Å²) in [7, 11) is 0. The van der Waals surface area contributed by atoms with Gasteiger partial charge in [0.25, 0.3) is 0 Å². The lowest BCUT2D eigenvalue weighted by Crippen LogP contribution is -2.00. The molecule has 0 radical (unpaired) electrons. The molecule has 0 bridgehead atoms. The minimum atomic E-state index is -1.11. The molecule has 1 heterocycles. The molecule has 66 valence electrons. The fourth-order valence-corrected chi connectivity index (χ4v) is 0.480. The molecule has 0 fully saturated rings. The van der Waals surface area contributed by atoms with Crippen molar-refractivity contribution in [3.05, 3.63) is 34.4 Å². The monoisotopic (exact) mass is 170 g/mol. The van der Waals surface area contributed by atoms with E-state index >= 15 is 0 Å². The summed E-state index contributed by atoms with van der Waals surface area (Å²) >= 11 is 0. The predicted molar refractivity (Wildman–Crippen MR) is 43.3 cm³/mol. The van der Waals surface area contributed by atoms with Crippen molar-refractivity contribution in [3.63, 3.8) is 0 Å². The molecule has 0 amide bonds. The van der Waals surface area contributed by atoms with Gasteiger partial charge in [-0.2, -0.15) is 0 Å². The van der Waals surface area contributed by atoms with Gasteiger partial charge in [-0.3, -0.25) is 0 Å². The fourth-order valence-electron chi connectivity index (χ4n) is 0.480. The van der Waals surface area contributed by atoms with Crippen LogP contribution in [0.5, 0.6) is 0 Å². The zero-order valence-corrected chi connectivity index (χ0v) is 6.90. The van der Waals surface area contributed by atoms with Gasteiger partial charge < -0.3 is 9.52 Å². The predicted octanol–water partition coefficient (Wildman–Crippen LogP) is 1.36. The van der Waals surface area contributed by atoms with Gasteiger partial charge in [0.15, 0.2) is 0 Å². The number of carboxylic acids is 1. The van der Waals surface area contributed by atoms with E-state index in [-0.39, 0.29) is 5.56 Å². The number of hydrogen-bond donors (Lipinski definition) is 1. The molecule has 0 unspecified atom stereocenters. The van der Waals surface area contributed by atoms with Crippen LogP contribution in [0.3, 0.4) is 0 Å². The third kappa shape index (κ3) is 3.01. The molecule has 4 heteroatoms. The highest BCUT2D eigenvalue weighted by Crippen LogP contribution is 1.92. The van der Waals surface area contributed by atoms with E-state index in [0.29, 0.717) is 0 Å². The lowest BCUT2D eigenvalue weighted by atomic mass is 10.3. The van der Waals surface area contributed by atoms with Crippen molar-refractivity contribution in [2.75, 3.05) is 0 Å². The van der Waals surface area contributed by atoms with Gasteiger partial charge in [0.2, 0.25) is 0 Å². The van der Waals surface area contributed by atoms with E-state index in [0.717, 1.165) is 12.3 Å². The summed E-state index contributed by atoms with van der Waals surface area (Å²) in [4.78, 5) is 20.4. The highest BCUT2D eigenvalue weighted by atomic mass is 16.4. The van der Waals surface area contributed by atoms with Crippen molar-refractivity contribution in [3.8, 4) is 0 Å². The normalized spacial score (nSPS) is 8.17. The largest absolute Gasteiger partial charge is 0.478 e. The molecular formula is C8H10O4. The van der Waals surface area contributed by atoms with Crippen LogP contribution in [0.25, 0.3) is 0 Å². The summed E-state index contributed by atoms with van der Waals surface area (Å²) < 4.78 is 4.28. The number of hydrogen-bond acceptors (Lipinski definition) is 3. The van der Waals surface area contributed by atoms with E-state index in [2.05, 4.69) is 4.42 Å². The van der Waals surface area contributed by atoms with Crippen molar-refractivity contribution in [1.82, 2.24) is 0 Å². The lowest BCUT2D eigenvalue weighted by molar-refractivity contribution is 0.0694. The smallest absolute Gasteiger partial charge is 0.338 e. The van der Waals surface area contributed by atoms with Crippen LogP contribution < -0.4 is 5.63 Å². The Morgan fingerprint density at radius 1 is 1.42 bits per heavy atom. The lowest BCUT2D eigenvalue weighted by Gasteiger charge is -1.87. The Morgan fingerprint density at radius 2 is 2.00 bits per heavy atom. The molecule has 1 rings (SSSR count). The van der Waals surface area contributed by atoms with Crippen LogP contribution in [0.2, 0.25) is 0 Å². The van der Waals surface area contributed by atoms with Gasteiger partial charge in [-0.15, -0.1) is 0 Å². The summed E-state index contributed by atoms with van der Waals surface area (Å²) in [5.74, 6) is -1.11. The minimum Gasteiger partial charge on any atom is -0.478 e. The molecule has 12 heavy (non-hydrogen) atoms. The maximum Gasteiger partial charge on any atom is 0.338 e. The van der Waals surface area contributed by atoms with Gasteiger partial charge in [-0.05, 0) is 6.07 Å². The van der Waals surface area contributed by atoms with Crippen LogP contribution in [-0.4, -0.2) is 11.1 Å². The number of rotatable bonds is 1. The second-order valence-corrected chi connectivity index (χ2v) is 1.65. The summed E-state index contributed by atoms with van der Waals surface area (Å²) in [5.41, 5.74) is -0.579. The van der Waals surface area contributed by atoms with Crippen LogP contribution in [0.1, 0.15) is 24.2 Å². The Hall–Kier alpha value is -1.58. The second-order valence-electron chi connectivity index (χ2n) is 1.65. The number of carboxylic acid groups (broad SMARTS) is 1. The molecule has 1 aromatic rings. The van der Waals surface area contributed by atoms with Crippen molar-refractivity contribution in [1.29, 1.82) is 0 Å². The maximum absolute atomic E-state index is 10.3. The summed E-state index contributed by atoms with van der Waals surface area (Å²) in [6, 6.07) is 2.25. The van der Waals surface area contributed by atoms with E-state index in [1.165, 1.54) is 6.07 Å². The van der Waals surface area contributed by atoms with E-state index in [9.17, 15) is 9.59 Å². The Kier molecular flexibility index (Phi) is 4.45. The molecule has 0 atom stereocenters. The van der Waals surface area contributed by atoms with Crippen LogP contribution in [0.4, 0.5) is 0 Å². The molecule has 0 spiro atoms. The van der Waals surface area contributed by atoms with Crippen LogP contribution in [0.15, 0.2) is 27.6 Å². The number of carbonyl (C=O) groups is 1. The van der Waals surface area contributed by atoms with Gasteiger partial charge in [0.1, 0.15) is 6.26 Å². The standard InChI is InChI=1S/C6H4O4.C2H6/c7-5-2-1-4(3-10-5)6(8)9;1-2/h1-3H,(H,8,9);1-2H3. The Balaban J connectivity index is 0.000000561. The first-order valence-corrected chi connectivity index (χ1v) is 3.52. The van der Waals surface area contributed by atoms with Gasteiger partial charge in [0, 0.05) is 6.07 Å². The van der Waals surface area contributed by atoms with Gasteiger partial charge in [-0.1, -0.05) is 13.8 Å². The Bertz CT molecular complexity index is 280. The first kappa shape index (κ1) is 10.4. The zero-order chi connectivity index (χ0) is 9.56. The van der Waals surface area contributed by atoms with E-state index < -0.39 is 11.6 Å². The summed E-state index contributed by atoms with van der Waals surface area (Å²) in [6.07, 6.45) is 0.907. The molecule has 1 N–H and O–H groups in total. The topological polar surface area (TPSA) is 67.5 Å². The molecule has 0 aromatic carbocycles. The molecule has 0 saturated carbocycles. The van der Waals surface area contributed by atoms with Gasteiger partial charge in [-0.25, -0.2) is 9.59 Å². The highest BCUT2D eigenvalue weighted by molar-refractivity contribution is 5.86. The molecule has 0 aliphatic rings.